The predicted octanol–water partition coefficient (Wildman–Crippen LogP) is 3.30. The van der Waals surface area contributed by atoms with Crippen LogP contribution in [0.15, 0.2) is 48.5 Å². The third-order valence-corrected chi connectivity index (χ3v) is 3.98. The molecule has 1 amide bonds. The second kappa shape index (κ2) is 8.24. The minimum Gasteiger partial charge on any atom is -0.496 e. The van der Waals surface area contributed by atoms with E-state index in [0.29, 0.717) is 11.5 Å². The average Bonchev–Trinajstić information content (AvgIpc) is 2.64. The van der Waals surface area contributed by atoms with E-state index in [0.717, 1.165) is 11.3 Å². The molecule has 24 heavy (non-hydrogen) atoms. The van der Waals surface area contributed by atoms with Crippen molar-refractivity contribution in [3.63, 3.8) is 0 Å². The maximum absolute atomic E-state index is 12.4. The number of carbonyl (C=O) groups is 1. The molecule has 0 aliphatic rings. The maximum Gasteiger partial charge on any atom is 0.260 e. The molecule has 0 saturated carbocycles. The highest BCUT2D eigenvalue weighted by Gasteiger charge is 2.20. The van der Waals surface area contributed by atoms with E-state index in [1.54, 1.807) is 38.3 Å². The van der Waals surface area contributed by atoms with Crippen LogP contribution in [-0.4, -0.2) is 38.7 Å². The summed E-state index contributed by atoms with van der Waals surface area (Å²) in [7, 11) is 4.95. The molecule has 2 rings (SSSR count). The van der Waals surface area contributed by atoms with Crippen LogP contribution in [0.5, 0.6) is 17.2 Å². The van der Waals surface area contributed by atoms with Crippen LogP contribution in [0.3, 0.4) is 0 Å². The minimum atomic E-state index is -0.130. The van der Waals surface area contributed by atoms with Crippen molar-refractivity contribution in [2.45, 2.75) is 13.0 Å². The van der Waals surface area contributed by atoms with Gasteiger partial charge in [-0.2, -0.15) is 0 Å². The van der Waals surface area contributed by atoms with Gasteiger partial charge in [-0.25, -0.2) is 0 Å². The van der Waals surface area contributed by atoms with Crippen molar-refractivity contribution in [2.75, 3.05) is 27.9 Å². The molecule has 0 aromatic heterocycles. The van der Waals surface area contributed by atoms with Gasteiger partial charge in [-0.15, -0.1) is 0 Å². The summed E-state index contributed by atoms with van der Waals surface area (Å²) in [6.45, 7) is 1.90. The lowest BCUT2D eigenvalue weighted by atomic mass is 10.1. The lowest BCUT2D eigenvalue weighted by Gasteiger charge is -2.26. The Morgan fingerprint density at radius 2 is 1.50 bits per heavy atom. The van der Waals surface area contributed by atoms with Gasteiger partial charge in [0.15, 0.2) is 18.1 Å². The first-order chi connectivity index (χ1) is 11.6. The van der Waals surface area contributed by atoms with Crippen molar-refractivity contribution in [1.29, 1.82) is 0 Å². The average molecular weight is 329 g/mol. The molecule has 0 heterocycles. The van der Waals surface area contributed by atoms with E-state index in [4.69, 9.17) is 14.2 Å². The second-order valence-corrected chi connectivity index (χ2v) is 5.36. The summed E-state index contributed by atoms with van der Waals surface area (Å²) in [6, 6.07) is 14.8. The Morgan fingerprint density at radius 1 is 0.958 bits per heavy atom. The highest BCUT2D eigenvalue weighted by Crippen LogP contribution is 2.29. The first-order valence-corrected chi connectivity index (χ1v) is 7.72. The molecule has 128 valence electrons. The number of methoxy groups -OCH3 is 2. The van der Waals surface area contributed by atoms with Gasteiger partial charge < -0.3 is 19.1 Å². The quantitative estimate of drug-likeness (QED) is 0.782. The minimum absolute atomic E-state index is 0.0592. The topological polar surface area (TPSA) is 48.0 Å². The van der Waals surface area contributed by atoms with E-state index in [-0.39, 0.29) is 18.6 Å². The normalized spacial score (nSPS) is 11.5. The van der Waals surface area contributed by atoms with Gasteiger partial charge in [0.2, 0.25) is 0 Å². The molecule has 0 saturated heterocycles. The lowest BCUT2D eigenvalue weighted by Crippen LogP contribution is -2.33. The SMILES string of the molecule is COc1ccccc1OCC(=O)N(C)C(C)c1ccccc1OC. The molecule has 0 radical (unpaired) electrons. The fourth-order valence-corrected chi connectivity index (χ4v) is 2.42. The fourth-order valence-electron chi connectivity index (χ4n) is 2.42. The number of amides is 1. The standard InChI is InChI=1S/C19H23NO4/c1-14(15-9-5-6-10-16(15)22-3)20(2)19(21)13-24-18-12-8-7-11-17(18)23-4/h5-12,14H,13H2,1-4H3. The van der Waals surface area contributed by atoms with Gasteiger partial charge >= 0.3 is 0 Å². The highest BCUT2D eigenvalue weighted by molar-refractivity contribution is 5.78. The van der Waals surface area contributed by atoms with Crippen molar-refractivity contribution in [3.05, 3.63) is 54.1 Å². The Hall–Kier alpha value is -2.69. The molecule has 0 N–H and O–H groups in total. The molecule has 2 aromatic rings. The predicted molar refractivity (Wildman–Crippen MR) is 92.7 cm³/mol. The summed E-state index contributed by atoms with van der Waals surface area (Å²) in [4.78, 5) is 14.1. The summed E-state index contributed by atoms with van der Waals surface area (Å²) < 4.78 is 16.2. The summed E-state index contributed by atoms with van der Waals surface area (Å²) in [5, 5.41) is 0. The molecule has 0 fully saturated rings. The van der Waals surface area contributed by atoms with E-state index in [1.807, 2.05) is 43.3 Å². The Bertz CT molecular complexity index is 687. The van der Waals surface area contributed by atoms with Gasteiger partial charge in [0.1, 0.15) is 5.75 Å². The lowest BCUT2D eigenvalue weighted by molar-refractivity contribution is -0.134. The summed E-state index contributed by atoms with van der Waals surface area (Å²) in [5.74, 6) is 1.78. The first-order valence-electron chi connectivity index (χ1n) is 7.72. The molecule has 1 atom stereocenters. The van der Waals surface area contributed by atoms with E-state index in [1.165, 1.54) is 0 Å². The molecule has 0 aliphatic heterocycles. The van der Waals surface area contributed by atoms with Crippen LogP contribution in [0.1, 0.15) is 18.5 Å². The van der Waals surface area contributed by atoms with E-state index >= 15 is 0 Å². The van der Waals surface area contributed by atoms with Crippen LogP contribution in [0.25, 0.3) is 0 Å². The molecule has 0 bridgehead atoms. The zero-order valence-electron chi connectivity index (χ0n) is 14.5. The summed E-state index contributed by atoms with van der Waals surface area (Å²) in [5.41, 5.74) is 0.952. The van der Waals surface area contributed by atoms with Crippen LogP contribution in [0, 0.1) is 0 Å². The number of likely N-dealkylation sites (N-methyl/N-ethyl adjacent to an activating group) is 1. The summed E-state index contributed by atoms with van der Waals surface area (Å²) in [6.07, 6.45) is 0. The van der Waals surface area contributed by atoms with Gasteiger partial charge in [-0.3, -0.25) is 4.79 Å². The Balaban J connectivity index is 2.04. The smallest absolute Gasteiger partial charge is 0.260 e. The zero-order chi connectivity index (χ0) is 17.5. The number of nitrogens with zero attached hydrogens (tertiary/aromatic N) is 1. The number of ether oxygens (including phenoxy) is 3. The van der Waals surface area contributed by atoms with Crippen LogP contribution in [0.4, 0.5) is 0 Å². The maximum atomic E-state index is 12.4. The number of carbonyl (C=O) groups excluding carboxylic acids is 1. The monoisotopic (exact) mass is 329 g/mol. The molecule has 2 aromatic carbocycles. The van der Waals surface area contributed by atoms with Crippen molar-refractivity contribution < 1.29 is 19.0 Å². The van der Waals surface area contributed by atoms with Crippen molar-refractivity contribution in [2.24, 2.45) is 0 Å². The molecule has 1 unspecified atom stereocenters. The van der Waals surface area contributed by atoms with Crippen molar-refractivity contribution in [3.8, 4) is 17.2 Å². The second-order valence-electron chi connectivity index (χ2n) is 5.36. The van der Waals surface area contributed by atoms with Crippen LogP contribution < -0.4 is 14.2 Å². The molecule has 0 aliphatic carbocycles. The zero-order valence-corrected chi connectivity index (χ0v) is 14.5. The molecule has 5 nitrogen and oxygen atoms in total. The fraction of sp³-hybridized carbons (Fsp3) is 0.316. The van der Waals surface area contributed by atoms with Gasteiger partial charge in [0.05, 0.1) is 20.3 Å². The van der Waals surface area contributed by atoms with E-state index < -0.39 is 0 Å². The molecular formula is C19H23NO4. The molecular weight excluding hydrogens is 306 g/mol. The Kier molecular flexibility index (Phi) is 6.07. The Morgan fingerprint density at radius 3 is 2.12 bits per heavy atom. The number of benzene rings is 2. The number of rotatable bonds is 7. The third kappa shape index (κ3) is 3.98. The first kappa shape index (κ1) is 17.7. The highest BCUT2D eigenvalue weighted by atomic mass is 16.5. The number of hydrogen-bond donors (Lipinski definition) is 0. The van der Waals surface area contributed by atoms with Gasteiger partial charge in [0.25, 0.3) is 5.91 Å². The van der Waals surface area contributed by atoms with Gasteiger partial charge in [-0.1, -0.05) is 30.3 Å². The number of hydrogen-bond acceptors (Lipinski definition) is 4. The van der Waals surface area contributed by atoms with E-state index in [2.05, 4.69) is 0 Å². The summed E-state index contributed by atoms with van der Waals surface area (Å²) >= 11 is 0. The molecule has 0 spiro atoms. The largest absolute Gasteiger partial charge is 0.496 e. The van der Waals surface area contributed by atoms with Gasteiger partial charge in [-0.05, 0) is 25.1 Å². The van der Waals surface area contributed by atoms with Crippen molar-refractivity contribution in [1.82, 2.24) is 4.90 Å². The van der Waals surface area contributed by atoms with Crippen molar-refractivity contribution >= 4 is 5.91 Å². The van der Waals surface area contributed by atoms with Crippen LogP contribution in [0.2, 0.25) is 0 Å². The van der Waals surface area contributed by atoms with Gasteiger partial charge in [0, 0.05) is 12.6 Å². The van der Waals surface area contributed by atoms with Crippen LogP contribution in [-0.2, 0) is 4.79 Å². The number of para-hydroxylation sites is 3. The Labute approximate surface area is 142 Å². The third-order valence-electron chi connectivity index (χ3n) is 3.98. The molecule has 5 heteroatoms. The van der Waals surface area contributed by atoms with E-state index in [9.17, 15) is 4.79 Å². The van der Waals surface area contributed by atoms with Crippen LogP contribution >= 0.6 is 0 Å².